The Bertz CT molecular complexity index is 596. The normalized spacial score (nSPS) is 20.1. The van der Waals surface area contributed by atoms with Crippen LogP contribution in [0.4, 0.5) is 0 Å². The lowest BCUT2D eigenvalue weighted by Crippen LogP contribution is -2.32. The summed E-state index contributed by atoms with van der Waals surface area (Å²) in [6, 6.07) is 2.67. The molecule has 0 N–H and O–H groups in total. The van der Waals surface area contributed by atoms with Crippen LogP contribution < -0.4 is 0 Å². The molecule has 1 aliphatic heterocycles. The Labute approximate surface area is 123 Å². The predicted octanol–water partition coefficient (Wildman–Crippen LogP) is 3.55. The highest BCUT2D eigenvalue weighted by Crippen LogP contribution is 2.33. The molecule has 5 heteroatoms. The Hall–Kier alpha value is -1.20. The fourth-order valence-electron chi connectivity index (χ4n) is 2.57. The number of hydrogen-bond acceptors (Lipinski definition) is 5. The Morgan fingerprint density at radius 2 is 2.20 bits per heavy atom. The van der Waals surface area contributed by atoms with E-state index >= 15 is 0 Å². The summed E-state index contributed by atoms with van der Waals surface area (Å²) < 4.78 is 5.81. The van der Waals surface area contributed by atoms with Gasteiger partial charge < -0.3 is 4.42 Å². The van der Waals surface area contributed by atoms with Crippen molar-refractivity contribution in [2.45, 2.75) is 52.1 Å². The lowest BCUT2D eigenvalue weighted by Gasteiger charge is -2.32. The molecule has 0 radical (unpaired) electrons. The minimum atomic E-state index is -0.0840. The molecule has 0 spiro atoms. The van der Waals surface area contributed by atoms with Gasteiger partial charge in [-0.15, -0.1) is 21.5 Å². The first-order valence-electron chi connectivity index (χ1n) is 7.08. The van der Waals surface area contributed by atoms with Gasteiger partial charge in [-0.25, -0.2) is 0 Å². The van der Waals surface area contributed by atoms with Crippen LogP contribution in [0.15, 0.2) is 15.9 Å². The molecule has 4 nitrogen and oxygen atoms in total. The third-order valence-corrected chi connectivity index (χ3v) is 4.85. The van der Waals surface area contributed by atoms with E-state index in [4.69, 9.17) is 4.42 Å². The van der Waals surface area contributed by atoms with Gasteiger partial charge in [-0.1, -0.05) is 20.8 Å². The number of nitrogens with zero attached hydrogens (tertiary/aromatic N) is 3. The molecule has 0 amide bonds. The van der Waals surface area contributed by atoms with Crippen LogP contribution in [0.1, 0.15) is 56.0 Å². The molecule has 1 atom stereocenters. The molecule has 0 saturated carbocycles. The quantitative estimate of drug-likeness (QED) is 0.848. The summed E-state index contributed by atoms with van der Waals surface area (Å²) in [5.41, 5.74) is 1.37. The van der Waals surface area contributed by atoms with E-state index in [1.54, 1.807) is 0 Å². The summed E-state index contributed by atoms with van der Waals surface area (Å²) in [4.78, 5) is 3.93. The van der Waals surface area contributed by atoms with E-state index in [0.29, 0.717) is 11.9 Å². The largest absolute Gasteiger partial charge is 0.423 e. The second-order valence-corrected chi connectivity index (χ2v) is 7.45. The van der Waals surface area contributed by atoms with Crippen molar-refractivity contribution < 1.29 is 4.42 Å². The summed E-state index contributed by atoms with van der Waals surface area (Å²) in [6.45, 7) is 10.3. The number of hydrogen-bond donors (Lipinski definition) is 0. The third-order valence-electron chi connectivity index (χ3n) is 3.85. The summed E-state index contributed by atoms with van der Waals surface area (Å²) in [6.07, 6.45) is 1.12. The first-order chi connectivity index (χ1) is 9.45. The van der Waals surface area contributed by atoms with Crippen LogP contribution in [0.3, 0.4) is 0 Å². The van der Waals surface area contributed by atoms with Gasteiger partial charge in [-0.05, 0) is 30.4 Å². The number of fused-ring (bicyclic) bond motifs is 1. The Kier molecular flexibility index (Phi) is 3.42. The van der Waals surface area contributed by atoms with Gasteiger partial charge in [0.25, 0.3) is 0 Å². The van der Waals surface area contributed by atoms with Gasteiger partial charge in [-0.3, -0.25) is 4.90 Å². The van der Waals surface area contributed by atoms with Crippen LogP contribution in [0.2, 0.25) is 0 Å². The van der Waals surface area contributed by atoms with Crippen LogP contribution in [-0.2, 0) is 18.4 Å². The van der Waals surface area contributed by atoms with Crippen molar-refractivity contribution in [1.29, 1.82) is 0 Å². The van der Waals surface area contributed by atoms with Crippen LogP contribution in [-0.4, -0.2) is 21.6 Å². The maximum Gasteiger partial charge on any atom is 0.230 e. The molecule has 2 aromatic rings. The Morgan fingerprint density at radius 3 is 2.90 bits per heavy atom. The monoisotopic (exact) mass is 291 g/mol. The second kappa shape index (κ2) is 4.97. The standard InChI is InChI=1S/C15H21N3OS/c1-10-11-6-8-20-12(11)5-7-18(10)9-13-16-17-14(19-13)15(2,3)4/h6,8,10H,5,7,9H2,1-4H3/t10-/m0/s1. The average molecular weight is 291 g/mol. The molecule has 0 unspecified atom stereocenters. The molecule has 2 aromatic heterocycles. The molecular formula is C15H21N3OS. The topological polar surface area (TPSA) is 42.2 Å². The van der Waals surface area contributed by atoms with Gasteiger partial charge in [0.05, 0.1) is 6.54 Å². The van der Waals surface area contributed by atoms with Crippen molar-refractivity contribution in [3.63, 3.8) is 0 Å². The zero-order valence-corrected chi connectivity index (χ0v) is 13.3. The van der Waals surface area contributed by atoms with Gasteiger partial charge >= 0.3 is 0 Å². The molecule has 0 fully saturated rings. The molecule has 3 heterocycles. The zero-order chi connectivity index (χ0) is 14.3. The highest BCUT2D eigenvalue weighted by Gasteiger charge is 2.27. The fourth-order valence-corrected chi connectivity index (χ4v) is 3.53. The molecule has 0 aliphatic carbocycles. The number of aromatic nitrogens is 2. The third kappa shape index (κ3) is 2.52. The summed E-state index contributed by atoms with van der Waals surface area (Å²) in [7, 11) is 0. The molecule has 0 saturated heterocycles. The highest BCUT2D eigenvalue weighted by molar-refractivity contribution is 7.10. The van der Waals surface area contributed by atoms with E-state index in [1.807, 2.05) is 11.3 Å². The molecule has 0 bridgehead atoms. The van der Waals surface area contributed by atoms with Crippen LogP contribution in [0.25, 0.3) is 0 Å². The van der Waals surface area contributed by atoms with Gasteiger partial charge in [0, 0.05) is 22.9 Å². The van der Waals surface area contributed by atoms with Crippen molar-refractivity contribution in [1.82, 2.24) is 15.1 Å². The van der Waals surface area contributed by atoms with Crippen molar-refractivity contribution in [2.75, 3.05) is 6.54 Å². The SMILES string of the molecule is C[C@H]1c2ccsc2CCN1Cc1nnc(C(C)(C)C)o1. The summed E-state index contributed by atoms with van der Waals surface area (Å²) in [5, 5.41) is 10.6. The molecule has 3 rings (SSSR count). The van der Waals surface area contributed by atoms with E-state index in [0.717, 1.165) is 25.4 Å². The van der Waals surface area contributed by atoms with Crippen molar-refractivity contribution in [3.05, 3.63) is 33.7 Å². The average Bonchev–Trinajstić information content (AvgIpc) is 3.01. The maximum absolute atomic E-state index is 5.81. The first kappa shape index (κ1) is 13.8. The van der Waals surface area contributed by atoms with Crippen molar-refractivity contribution >= 4 is 11.3 Å². The minimum Gasteiger partial charge on any atom is -0.423 e. The van der Waals surface area contributed by atoms with Crippen molar-refractivity contribution in [2.24, 2.45) is 0 Å². The van der Waals surface area contributed by atoms with Crippen LogP contribution in [0, 0.1) is 0 Å². The highest BCUT2D eigenvalue weighted by atomic mass is 32.1. The van der Waals surface area contributed by atoms with E-state index in [1.165, 1.54) is 10.4 Å². The molecular weight excluding hydrogens is 270 g/mol. The summed E-state index contributed by atoms with van der Waals surface area (Å²) >= 11 is 1.87. The van der Waals surface area contributed by atoms with Gasteiger partial charge in [0.15, 0.2) is 0 Å². The Morgan fingerprint density at radius 1 is 1.40 bits per heavy atom. The zero-order valence-electron chi connectivity index (χ0n) is 12.5. The minimum absolute atomic E-state index is 0.0840. The smallest absolute Gasteiger partial charge is 0.230 e. The van der Waals surface area contributed by atoms with E-state index in [2.05, 4.69) is 54.2 Å². The van der Waals surface area contributed by atoms with Crippen molar-refractivity contribution in [3.8, 4) is 0 Å². The molecule has 108 valence electrons. The maximum atomic E-state index is 5.81. The predicted molar refractivity (Wildman–Crippen MR) is 79.8 cm³/mol. The van der Waals surface area contributed by atoms with E-state index in [-0.39, 0.29) is 5.41 Å². The summed E-state index contributed by atoms with van der Waals surface area (Å²) in [5.74, 6) is 1.44. The van der Waals surface area contributed by atoms with E-state index < -0.39 is 0 Å². The Balaban J connectivity index is 1.74. The lowest BCUT2D eigenvalue weighted by atomic mass is 9.97. The number of rotatable bonds is 2. The second-order valence-electron chi connectivity index (χ2n) is 6.45. The van der Waals surface area contributed by atoms with Gasteiger partial charge in [-0.2, -0.15) is 0 Å². The first-order valence-corrected chi connectivity index (χ1v) is 7.96. The van der Waals surface area contributed by atoms with Crippen LogP contribution in [0.5, 0.6) is 0 Å². The van der Waals surface area contributed by atoms with Gasteiger partial charge in [0.2, 0.25) is 11.8 Å². The fraction of sp³-hybridized carbons (Fsp3) is 0.600. The molecule has 1 aliphatic rings. The van der Waals surface area contributed by atoms with E-state index in [9.17, 15) is 0 Å². The van der Waals surface area contributed by atoms with Gasteiger partial charge in [0.1, 0.15) is 0 Å². The molecule has 20 heavy (non-hydrogen) atoms. The molecule has 0 aromatic carbocycles. The lowest BCUT2D eigenvalue weighted by molar-refractivity contribution is 0.170. The number of thiophene rings is 1. The van der Waals surface area contributed by atoms with Crippen LogP contribution >= 0.6 is 11.3 Å².